The number of aryl methyl sites for hydroxylation is 1. The molecule has 0 radical (unpaired) electrons. The Balaban J connectivity index is 1.63. The number of nitrogens with one attached hydrogen (secondary N) is 1. The highest BCUT2D eigenvalue weighted by Gasteiger charge is 2.22. The van der Waals surface area contributed by atoms with Crippen molar-refractivity contribution >= 4 is 28.2 Å². The molecular formula is C21H22N2O5S. The Kier molecular flexibility index (Phi) is 6.73. The molecular weight excluding hydrogens is 392 g/mol. The van der Waals surface area contributed by atoms with Gasteiger partial charge < -0.3 is 19.5 Å². The fourth-order valence-electron chi connectivity index (χ4n) is 3.22. The summed E-state index contributed by atoms with van der Waals surface area (Å²) in [6, 6.07) is 6.86. The van der Waals surface area contributed by atoms with Gasteiger partial charge in [0.2, 0.25) is 0 Å². The largest absolute Gasteiger partial charge is 0.493 e. The van der Waals surface area contributed by atoms with E-state index in [2.05, 4.69) is 11.4 Å². The maximum absolute atomic E-state index is 12.3. The van der Waals surface area contributed by atoms with Crippen LogP contribution in [0, 0.1) is 11.3 Å². The molecule has 0 bridgehead atoms. The second-order valence-corrected chi connectivity index (χ2v) is 7.55. The summed E-state index contributed by atoms with van der Waals surface area (Å²) in [4.78, 5) is 25.7. The van der Waals surface area contributed by atoms with Crippen LogP contribution in [-0.4, -0.2) is 32.2 Å². The molecule has 3 rings (SSSR count). The topological polar surface area (TPSA) is 97.6 Å². The van der Waals surface area contributed by atoms with Gasteiger partial charge >= 0.3 is 5.97 Å². The summed E-state index contributed by atoms with van der Waals surface area (Å²) < 4.78 is 15.8. The number of carbonyl (C=O) groups is 2. The van der Waals surface area contributed by atoms with E-state index in [0.717, 1.165) is 36.1 Å². The number of ether oxygens (including phenoxy) is 3. The van der Waals surface area contributed by atoms with Gasteiger partial charge in [-0.25, -0.2) is 4.79 Å². The summed E-state index contributed by atoms with van der Waals surface area (Å²) in [5, 5.41) is 12.7. The number of nitrogens with zero attached hydrogens (tertiary/aromatic N) is 1. The van der Waals surface area contributed by atoms with Gasteiger partial charge in [0.05, 0.1) is 24.8 Å². The predicted octanol–water partition coefficient (Wildman–Crippen LogP) is 3.70. The molecule has 0 spiro atoms. The number of rotatable bonds is 7. The zero-order chi connectivity index (χ0) is 20.8. The maximum Gasteiger partial charge on any atom is 0.338 e. The Morgan fingerprint density at radius 2 is 2.03 bits per heavy atom. The molecule has 0 unspecified atom stereocenters. The van der Waals surface area contributed by atoms with E-state index < -0.39 is 18.5 Å². The normalized spacial score (nSPS) is 12.4. The summed E-state index contributed by atoms with van der Waals surface area (Å²) in [5.41, 5.74) is 1.82. The molecule has 0 aliphatic heterocycles. The van der Waals surface area contributed by atoms with Gasteiger partial charge in [-0.1, -0.05) is 0 Å². The number of nitriles is 1. The molecule has 0 saturated carbocycles. The van der Waals surface area contributed by atoms with Crippen LogP contribution in [0.25, 0.3) is 0 Å². The van der Waals surface area contributed by atoms with E-state index in [1.54, 1.807) is 12.1 Å². The van der Waals surface area contributed by atoms with Crippen LogP contribution in [-0.2, 0) is 22.4 Å². The predicted molar refractivity (Wildman–Crippen MR) is 109 cm³/mol. The van der Waals surface area contributed by atoms with Crippen LogP contribution in [0.4, 0.5) is 5.00 Å². The number of hydrogen-bond donors (Lipinski definition) is 1. The fraction of sp³-hybridized carbons (Fsp3) is 0.381. The van der Waals surface area contributed by atoms with Gasteiger partial charge in [0.15, 0.2) is 18.1 Å². The summed E-state index contributed by atoms with van der Waals surface area (Å²) in [6.07, 6.45) is 3.93. The monoisotopic (exact) mass is 414 g/mol. The molecule has 7 nitrogen and oxygen atoms in total. The number of fused-ring (bicyclic) bond motifs is 1. The first-order chi connectivity index (χ1) is 14.1. The Labute approximate surface area is 173 Å². The van der Waals surface area contributed by atoms with E-state index in [9.17, 15) is 14.9 Å². The van der Waals surface area contributed by atoms with Crippen LogP contribution >= 0.6 is 11.3 Å². The Morgan fingerprint density at radius 1 is 1.24 bits per heavy atom. The molecule has 152 valence electrons. The van der Waals surface area contributed by atoms with E-state index >= 15 is 0 Å². The molecule has 2 aromatic rings. The molecule has 1 aliphatic rings. The average Bonchev–Trinajstić information content (AvgIpc) is 3.09. The van der Waals surface area contributed by atoms with Crippen molar-refractivity contribution in [1.29, 1.82) is 5.26 Å². The molecule has 29 heavy (non-hydrogen) atoms. The van der Waals surface area contributed by atoms with Crippen molar-refractivity contribution in [3.63, 3.8) is 0 Å². The van der Waals surface area contributed by atoms with Crippen molar-refractivity contribution in [2.24, 2.45) is 0 Å². The lowest BCUT2D eigenvalue weighted by atomic mass is 9.96. The van der Waals surface area contributed by atoms with E-state index in [0.29, 0.717) is 28.7 Å². The standard InChI is InChI=1S/C21H22N2O5S/c1-3-27-17-10-13(8-9-16(17)26-2)21(25)28-12-19(24)23-20-15(11-22)14-6-4-5-7-18(14)29-20/h8-10H,3-7,12H2,1-2H3,(H,23,24). The van der Waals surface area contributed by atoms with Gasteiger partial charge in [-0.15, -0.1) is 11.3 Å². The molecule has 1 aromatic carbocycles. The quantitative estimate of drug-likeness (QED) is 0.694. The molecule has 0 fully saturated rings. The summed E-state index contributed by atoms with van der Waals surface area (Å²) in [5.74, 6) is -0.190. The van der Waals surface area contributed by atoms with Gasteiger partial charge in [-0.3, -0.25) is 4.79 Å². The number of methoxy groups -OCH3 is 1. The van der Waals surface area contributed by atoms with Crippen LogP contribution in [0.1, 0.15) is 46.1 Å². The molecule has 0 saturated heterocycles. The number of carbonyl (C=O) groups excluding carboxylic acids is 2. The zero-order valence-corrected chi connectivity index (χ0v) is 17.2. The van der Waals surface area contributed by atoms with E-state index in [1.165, 1.54) is 24.5 Å². The molecule has 1 N–H and O–H groups in total. The van der Waals surface area contributed by atoms with E-state index in [4.69, 9.17) is 14.2 Å². The van der Waals surface area contributed by atoms with Gasteiger partial charge in [-0.2, -0.15) is 5.26 Å². The molecule has 1 aromatic heterocycles. The fourth-order valence-corrected chi connectivity index (χ4v) is 4.48. The smallest absolute Gasteiger partial charge is 0.338 e. The highest BCUT2D eigenvalue weighted by Crippen LogP contribution is 2.37. The lowest BCUT2D eigenvalue weighted by Crippen LogP contribution is -2.21. The van der Waals surface area contributed by atoms with Crippen molar-refractivity contribution in [2.75, 3.05) is 25.6 Å². The number of benzene rings is 1. The van der Waals surface area contributed by atoms with Crippen LogP contribution < -0.4 is 14.8 Å². The lowest BCUT2D eigenvalue weighted by molar-refractivity contribution is -0.119. The minimum atomic E-state index is -0.644. The zero-order valence-electron chi connectivity index (χ0n) is 16.4. The molecule has 8 heteroatoms. The number of hydrogen-bond acceptors (Lipinski definition) is 7. The Morgan fingerprint density at radius 3 is 2.76 bits per heavy atom. The van der Waals surface area contributed by atoms with Crippen LogP contribution in [0.2, 0.25) is 0 Å². The van der Waals surface area contributed by atoms with Gasteiger partial charge in [0.25, 0.3) is 5.91 Å². The van der Waals surface area contributed by atoms with E-state index in [-0.39, 0.29) is 5.56 Å². The number of thiophene rings is 1. The van der Waals surface area contributed by atoms with Crippen LogP contribution in [0.15, 0.2) is 18.2 Å². The highest BCUT2D eigenvalue weighted by atomic mass is 32.1. The SMILES string of the molecule is CCOc1cc(C(=O)OCC(=O)Nc2sc3c(c2C#N)CCCC3)ccc1OC. The molecule has 1 amide bonds. The summed E-state index contributed by atoms with van der Waals surface area (Å²) in [7, 11) is 1.51. The van der Waals surface area contributed by atoms with E-state index in [1.807, 2.05) is 6.92 Å². The van der Waals surface area contributed by atoms with Crippen molar-refractivity contribution in [3.05, 3.63) is 39.8 Å². The second-order valence-electron chi connectivity index (χ2n) is 6.45. The van der Waals surface area contributed by atoms with Crippen molar-refractivity contribution in [2.45, 2.75) is 32.6 Å². The van der Waals surface area contributed by atoms with Crippen LogP contribution in [0.3, 0.4) is 0 Å². The second kappa shape index (κ2) is 9.43. The van der Waals surface area contributed by atoms with Gasteiger partial charge in [0.1, 0.15) is 11.1 Å². The first kappa shape index (κ1) is 20.7. The number of amides is 1. The third-order valence-electron chi connectivity index (χ3n) is 4.57. The molecule has 0 atom stereocenters. The van der Waals surface area contributed by atoms with Crippen LogP contribution in [0.5, 0.6) is 11.5 Å². The minimum absolute atomic E-state index is 0.256. The summed E-state index contributed by atoms with van der Waals surface area (Å²) in [6.45, 7) is 1.80. The average molecular weight is 414 g/mol. The number of anilines is 1. The third kappa shape index (κ3) is 4.69. The molecule has 1 heterocycles. The lowest BCUT2D eigenvalue weighted by Gasteiger charge is -2.11. The molecule has 1 aliphatic carbocycles. The van der Waals surface area contributed by atoms with Crippen molar-refractivity contribution < 1.29 is 23.8 Å². The first-order valence-corrected chi connectivity index (χ1v) is 10.2. The maximum atomic E-state index is 12.3. The van der Waals surface area contributed by atoms with Crippen molar-refractivity contribution in [1.82, 2.24) is 0 Å². The summed E-state index contributed by atoms with van der Waals surface area (Å²) >= 11 is 1.43. The number of esters is 1. The first-order valence-electron chi connectivity index (χ1n) is 9.39. The van der Waals surface area contributed by atoms with Gasteiger partial charge in [-0.05, 0) is 56.4 Å². The third-order valence-corrected chi connectivity index (χ3v) is 5.78. The Hall–Kier alpha value is -3.05. The van der Waals surface area contributed by atoms with Gasteiger partial charge in [0, 0.05) is 4.88 Å². The Bertz CT molecular complexity index is 961. The highest BCUT2D eigenvalue weighted by molar-refractivity contribution is 7.16. The minimum Gasteiger partial charge on any atom is -0.493 e. The van der Waals surface area contributed by atoms with Crippen molar-refractivity contribution in [3.8, 4) is 17.6 Å².